The fraction of sp³-hybridized carbons (Fsp3) is 0.571. The molecule has 0 aromatic carbocycles. The van der Waals surface area contributed by atoms with Gasteiger partial charge in [0.1, 0.15) is 11.5 Å². The molecule has 150 valence electrons. The predicted octanol–water partition coefficient (Wildman–Crippen LogP) is 1.76. The summed E-state index contributed by atoms with van der Waals surface area (Å²) in [6, 6.07) is 7.90. The van der Waals surface area contributed by atoms with Crippen molar-refractivity contribution in [3.05, 3.63) is 36.2 Å². The first-order valence-corrected chi connectivity index (χ1v) is 10.3. The van der Waals surface area contributed by atoms with Crippen molar-refractivity contribution in [2.24, 2.45) is 0 Å². The van der Waals surface area contributed by atoms with Gasteiger partial charge in [0.15, 0.2) is 5.82 Å². The molecular formula is C21H29N5O2. The topological polar surface area (TPSA) is 74.6 Å². The molecule has 0 saturated carbocycles. The Morgan fingerprint density at radius 2 is 2.07 bits per heavy atom. The molecule has 0 bridgehead atoms. The maximum absolute atomic E-state index is 10.4. The van der Waals surface area contributed by atoms with Gasteiger partial charge in [-0.05, 0) is 31.4 Å². The number of hydrogen-bond donors (Lipinski definition) is 1. The number of hydrogen-bond acceptors (Lipinski definition) is 7. The summed E-state index contributed by atoms with van der Waals surface area (Å²) in [5.41, 5.74) is 1.83. The lowest BCUT2D eigenvalue weighted by Gasteiger charge is -2.37. The van der Waals surface area contributed by atoms with Crippen LogP contribution in [0.25, 0.3) is 11.5 Å². The lowest BCUT2D eigenvalue weighted by molar-refractivity contribution is -0.0190. The molecule has 2 atom stereocenters. The van der Waals surface area contributed by atoms with Gasteiger partial charge >= 0.3 is 0 Å². The van der Waals surface area contributed by atoms with Gasteiger partial charge in [-0.15, -0.1) is 0 Å². The number of aliphatic hydroxyl groups is 1. The van der Waals surface area contributed by atoms with Crippen LogP contribution in [-0.2, 0) is 11.2 Å². The molecule has 28 heavy (non-hydrogen) atoms. The molecule has 0 spiro atoms. The highest BCUT2D eigenvalue weighted by atomic mass is 16.5. The summed E-state index contributed by atoms with van der Waals surface area (Å²) in [4.78, 5) is 18.5. The largest absolute Gasteiger partial charge is 0.389 e. The Morgan fingerprint density at radius 1 is 1.21 bits per heavy atom. The van der Waals surface area contributed by atoms with Crippen molar-refractivity contribution >= 4 is 5.82 Å². The average Bonchev–Trinajstić information content (AvgIpc) is 3.30. The van der Waals surface area contributed by atoms with Gasteiger partial charge in [-0.25, -0.2) is 9.97 Å². The number of piperazine rings is 1. The van der Waals surface area contributed by atoms with Crippen LogP contribution in [0, 0.1) is 0 Å². The summed E-state index contributed by atoms with van der Waals surface area (Å²) in [6.07, 6.45) is 4.28. The van der Waals surface area contributed by atoms with E-state index in [0.29, 0.717) is 12.4 Å². The van der Waals surface area contributed by atoms with Crippen LogP contribution in [-0.4, -0.2) is 76.5 Å². The fourth-order valence-corrected chi connectivity index (χ4v) is 3.88. The van der Waals surface area contributed by atoms with Crippen LogP contribution in [0.5, 0.6) is 0 Å². The molecule has 1 N–H and O–H groups in total. The van der Waals surface area contributed by atoms with Crippen molar-refractivity contribution in [3.63, 3.8) is 0 Å². The molecule has 0 amide bonds. The number of aryl methyl sites for hydroxylation is 1. The van der Waals surface area contributed by atoms with Crippen LogP contribution in [0.4, 0.5) is 5.82 Å². The highest BCUT2D eigenvalue weighted by molar-refractivity contribution is 5.54. The summed E-state index contributed by atoms with van der Waals surface area (Å²) in [5, 5.41) is 10.4. The Morgan fingerprint density at radius 3 is 2.75 bits per heavy atom. The third-order valence-electron chi connectivity index (χ3n) is 5.56. The molecule has 4 rings (SSSR count). The van der Waals surface area contributed by atoms with Crippen molar-refractivity contribution in [2.45, 2.75) is 38.4 Å². The van der Waals surface area contributed by atoms with E-state index in [1.54, 1.807) is 6.20 Å². The fourth-order valence-electron chi connectivity index (χ4n) is 3.88. The molecule has 7 heteroatoms. The number of nitrogens with zero attached hydrogens (tertiary/aromatic N) is 5. The van der Waals surface area contributed by atoms with E-state index in [1.165, 1.54) is 0 Å². The number of aliphatic hydroxyl groups excluding tert-OH is 1. The number of rotatable bonds is 6. The van der Waals surface area contributed by atoms with Crippen LogP contribution in [0.2, 0.25) is 0 Å². The smallest absolute Gasteiger partial charge is 0.180 e. The lowest BCUT2D eigenvalue weighted by atomic mass is 10.1. The monoisotopic (exact) mass is 383 g/mol. The van der Waals surface area contributed by atoms with Gasteiger partial charge in [0.25, 0.3) is 0 Å². The van der Waals surface area contributed by atoms with Gasteiger partial charge in [-0.3, -0.25) is 9.88 Å². The Kier molecular flexibility index (Phi) is 6.14. The van der Waals surface area contributed by atoms with E-state index in [4.69, 9.17) is 9.72 Å². The number of aromatic nitrogens is 3. The zero-order valence-corrected chi connectivity index (χ0v) is 16.5. The number of β-amino-alcohol motifs (C(OH)–C–C–N with tert-alkyl or cyclic N) is 1. The summed E-state index contributed by atoms with van der Waals surface area (Å²) in [5.74, 6) is 1.65. The van der Waals surface area contributed by atoms with Crippen molar-refractivity contribution in [2.75, 3.05) is 44.2 Å². The molecule has 4 heterocycles. The van der Waals surface area contributed by atoms with Crippen molar-refractivity contribution < 1.29 is 9.84 Å². The maximum atomic E-state index is 10.4. The average molecular weight is 383 g/mol. The highest BCUT2D eigenvalue weighted by Gasteiger charge is 2.27. The van der Waals surface area contributed by atoms with Crippen LogP contribution in [0.1, 0.15) is 25.5 Å². The Hall–Kier alpha value is -2.09. The summed E-state index contributed by atoms with van der Waals surface area (Å²) >= 11 is 0. The lowest BCUT2D eigenvalue weighted by Crippen LogP contribution is -2.50. The van der Waals surface area contributed by atoms with Crippen LogP contribution >= 0.6 is 0 Å². The molecule has 0 radical (unpaired) electrons. The molecule has 2 fully saturated rings. The molecular weight excluding hydrogens is 354 g/mol. The normalized spacial score (nSPS) is 21.8. The van der Waals surface area contributed by atoms with E-state index in [2.05, 4.69) is 32.8 Å². The summed E-state index contributed by atoms with van der Waals surface area (Å²) in [6.45, 7) is 7.17. The molecule has 0 unspecified atom stereocenters. The zero-order chi connectivity index (χ0) is 19.3. The van der Waals surface area contributed by atoms with Crippen LogP contribution in [0.3, 0.4) is 0 Å². The SMILES string of the molecule is CCc1cc(N2CCN(C[C@H](O)[C@@H]3CCCO3)CC2)nc(-c2ccccn2)n1. The second kappa shape index (κ2) is 8.94. The van der Waals surface area contributed by atoms with E-state index < -0.39 is 6.10 Å². The first kappa shape index (κ1) is 19.2. The van der Waals surface area contributed by atoms with Gasteiger partial charge in [-0.2, -0.15) is 0 Å². The first-order valence-electron chi connectivity index (χ1n) is 10.3. The second-order valence-corrected chi connectivity index (χ2v) is 7.52. The van der Waals surface area contributed by atoms with Gasteiger partial charge in [-0.1, -0.05) is 13.0 Å². The standard InChI is InChI=1S/C21H29N5O2/c1-2-16-14-20(24-21(23-16)17-6-3-4-8-22-17)26-11-9-25(10-12-26)15-18(27)19-7-5-13-28-19/h3-4,6,8,14,18-19,27H,2,5,7,9-13,15H2,1H3/t18-,19-/m0/s1. The first-order chi connectivity index (χ1) is 13.7. The van der Waals surface area contributed by atoms with E-state index >= 15 is 0 Å². The molecule has 2 aromatic rings. The Balaban J connectivity index is 1.41. The summed E-state index contributed by atoms with van der Waals surface area (Å²) in [7, 11) is 0. The number of pyridine rings is 1. The highest BCUT2D eigenvalue weighted by Crippen LogP contribution is 2.21. The molecule has 0 aliphatic carbocycles. The van der Waals surface area contributed by atoms with Crippen LogP contribution < -0.4 is 4.90 Å². The third-order valence-corrected chi connectivity index (χ3v) is 5.56. The molecule has 2 aliphatic heterocycles. The van der Waals surface area contributed by atoms with Gasteiger partial charge in [0.05, 0.1) is 12.2 Å². The Labute approximate surface area is 166 Å². The van der Waals surface area contributed by atoms with Gasteiger partial charge in [0.2, 0.25) is 0 Å². The molecule has 2 aromatic heterocycles. The van der Waals surface area contributed by atoms with E-state index in [-0.39, 0.29) is 6.10 Å². The predicted molar refractivity (Wildman–Crippen MR) is 108 cm³/mol. The van der Waals surface area contributed by atoms with Crippen molar-refractivity contribution in [1.82, 2.24) is 19.9 Å². The minimum atomic E-state index is -0.393. The van der Waals surface area contributed by atoms with Crippen molar-refractivity contribution in [3.8, 4) is 11.5 Å². The summed E-state index contributed by atoms with van der Waals surface area (Å²) < 4.78 is 5.62. The molecule has 2 saturated heterocycles. The molecule has 7 nitrogen and oxygen atoms in total. The quantitative estimate of drug-likeness (QED) is 0.815. The number of ether oxygens (including phenoxy) is 1. The van der Waals surface area contributed by atoms with E-state index in [1.807, 2.05) is 18.2 Å². The maximum Gasteiger partial charge on any atom is 0.180 e. The van der Waals surface area contributed by atoms with E-state index in [0.717, 1.165) is 69.3 Å². The third kappa shape index (κ3) is 4.48. The van der Waals surface area contributed by atoms with Crippen LogP contribution in [0.15, 0.2) is 30.5 Å². The minimum absolute atomic E-state index is 0.00735. The van der Waals surface area contributed by atoms with E-state index in [9.17, 15) is 5.11 Å². The molecule has 2 aliphatic rings. The Bertz CT molecular complexity index is 759. The second-order valence-electron chi connectivity index (χ2n) is 7.52. The zero-order valence-electron chi connectivity index (χ0n) is 16.5. The van der Waals surface area contributed by atoms with Gasteiger partial charge in [0, 0.05) is 57.3 Å². The van der Waals surface area contributed by atoms with Gasteiger partial charge < -0.3 is 14.7 Å². The number of anilines is 1. The minimum Gasteiger partial charge on any atom is -0.389 e. The van der Waals surface area contributed by atoms with Crippen molar-refractivity contribution in [1.29, 1.82) is 0 Å².